The van der Waals surface area contributed by atoms with Crippen molar-refractivity contribution in [2.45, 2.75) is 6.54 Å². The molecule has 0 amide bonds. The molecular weight excluding hydrogens is 427 g/mol. The Morgan fingerprint density at radius 1 is 1.00 bits per heavy atom. The average Bonchev–Trinajstić information content (AvgIpc) is 2.74. The van der Waals surface area contributed by atoms with Crippen LogP contribution in [0.2, 0.25) is 5.02 Å². The molecule has 0 aliphatic carbocycles. The molecule has 8 heteroatoms. The van der Waals surface area contributed by atoms with Crippen molar-refractivity contribution in [2.24, 2.45) is 0 Å². The Morgan fingerprint density at radius 3 is 2.43 bits per heavy atom. The maximum atomic E-state index is 13.4. The molecule has 30 heavy (non-hydrogen) atoms. The van der Waals surface area contributed by atoms with Gasteiger partial charge in [0.05, 0.1) is 17.3 Å². The van der Waals surface area contributed by atoms with Gasteiger partial charge < -0.3 is 5.32 Å². The molecule has 0 spiro atoms. The van der Waals surface area contributed by atoms with Crippen molar-refractivity contribution in [3.8, 4) is 0 Å². The Morgan fingerprint density at radius 2 is 1.70 bits per heavy atom. The third-order valence-electron chi connectivity index (χ3n) is 4.67. The van der Waals surface area contributed by atoms with Crippen LogP contribution < -0.4 is 9.62 Å². The average molecular weight is 443 g/mol. The highest BCUT2D eigenvalue weighted by Gasteiger charge is 2.40. The summed E-state index contributed by atoms with van der Waals surface area (Å²) in [5.74, 6) is -1.21. The van der Waals surface area contributed by atoms with Gasteiger partial charge in [0.15, 0.2) is 4.91 Å². The smallest absolute Gasteiger partial charge is 0.270 e. The minimum absolute atomic E-state index is 0.0766. The topological polar surface area (TPSA) is 66.5 Å². The van der Waals surface area contributed by atoms with E-state index in [4.69, 9.17) is 11.6 Å². The van der Waals surface area contributed by atoms with E-state index >= 15 is 0 Å². The number of fused-ring (bicyclic) bond motifs is 1. The van der Waals surface area contributed by atoms with Crippen molar-refractivity contribution in [1.82, 2.24) is 0 Å². The molecule has 1 N–H and O–H groups in total. The lowest BCUT2D eigenvalue weighted by atomic mass is 10.1. The quantitative estimate of drug-likeness (QED) is 0.579. The number of allylic oxidation sites excluding steroid dienone is 1. The molecule has 0 bridgehead atoms. The first-order chi connectivity index (χ1) is 14.4. The standard InChI is InChI=1S/C22H16ClFN2O3S/c23-18-12-16(10-11-19(18)24)25-13-21-22(27)17-8-4-5-9-20(17)26(30(21,28)29)14-15-6-2-1-3-7-15/h1-13,25H,14H2. The lowest BCUT2D eigenvalue weighted by Gasteiger charge is -2.31. The number of halogens is 2. The van der Waals surface area contributed by atoms with Gasteiger partial charge in [-0.15, -0.1) is 0 Å². The zero-order valence-electron chi connectivity index (χ0n) is 15.5. The SMILES string of the molecule is O=C1C(=CNc2ccc(F)c(Cl)c2)S(=O)(=O)N(Cc2ccccc2)c2ccccc21. The van der Waals surface area contributed by atoms with Crippen LogP contribution in [0.1, 0.15) is 15.9 Å². The number of nitrogens with one attached hydrogen (secondary N) is 1. The Hall–Kier alpha value is -3.16. The van der Waals surface area contributed by atoms with Crippen LogP contribution in [-0.4, -0.2) is 14.2 Å². The molecule has 0 radical (unpaired) electrons. The molecule has 1 heterocycles. The highest BCUT2D eigenvalue weighted by atomic mass is 35.5. The fraction of sp³-hybridized carbons (Fsp3) is 0.0455. The summed E-state index contributed by atoms with van der Waals surface area (Å²) in [6.07, 6.45) is 1.12. The summed E-state index contributed by atoms with van der Waals surface area (Å²) in [5, 5.41) is 2.63. The van der Waals surface area contributed by atoms with E-state index in [1.54, 1.807) is 24.3 Å². The summed E-state index contributed by atoms with van der Waals surface area (Å²) < 4.78 is 41.3. The van der Waals surface area contributed by atoms with E-state index in [1.807, 2.05) is 30.3 Å². The van der Waals surface area contributed by atoms with Gasteiger partial charge in [-0.25, -0.2) is 12.8 Å². The maximum Gasteiger partial charge on any atom is 0.270 e. The predicted octanol–water partition coefficient (Wildman–Crippen LogP) is 4.97. The molecule has 0 fully saturated rings. The Kier molecular flexibility index (Phi) is 5.32. The van der Waals surface area contributed by atoms with Crippen molar-refractivity contribution < 1.29 is 17.6 Å². The van der Waals surface area contributed by atoms with Gasteiger partial charge in [-0.2, -0.15) is 0 Å². The molecule has 0 atom stereocenters. The Labute approximate surface area is 178 Å². The maximum absolute atomic E-state index is 13.4. The van der Waals surface area contributed by atoms with Gasteiger partial charge in [0.1, 0.15) is 5.82 Å². The van der Waals surface area contributed by atoms with Gasteiger partial charge in [-0.1, -0.05) is 54.1 Å². The van der Waals surface area contributed by atoms with Crippen LogP contribution in [0.5, 0.6) is 0 Å². The number of Topliss-reactive ketones (excluding diaryl/α,β-unsaturated/α-hetero) is 1. The number of nitrogens with zero attached hydrogens (tertiary/aromatic N) is 1. The number of benzene rings is 3. The van der Waals surface area contributed by atoms with Crippen molar-refractivity contribution in [3.63, 3.8) is 0 Å². The second-order valence-corrected chi connectivity index (χ2v) is 8.86. The molecule has 3 aromatic carbocycles. The van der Waals surface area contributed by atoms with Crippen LogP contribution in [0.3, 0.4) is 0 Å². The molecule has 3 aromatic rings. The molecule has 1 aliphatic heterocycles. The van der Waals surface area contributed by atoms with Crippen LogP contribution in [0.15, 0.2) is 83.9 Å². The van der Waals surface area contributed by atoms with Crippen molar-refractivity contribution in [2.75, 3.05) is 9.62 Å². The number of para-hydroxylation sites is 1. The fourth-order valence-electron chi connectivity index (χ4n) is 3.18. The van der Waals surface area contributed by atoms with Gasteiger partial charge in [-0.3, -0.25) is 9.10 Å². The second-order valence-electron chi connectivity index (χ2n) is 6.63. The molecule has 5 nitrogen and oxygen atoms in total. The van der Waals surface area contributed by atoms with Crippen molar-refractivity contribution in [3.05, 3.63) is 106 Å². The number of sulfonamides is 1. The van der Waals surface area contributed by atoms with E-state index in [-0.39, 0.29) is 17.1 Å². The zero-order chi connectivity index (χ0) is 21.3. The van der Waals surface area contributed by atoms with E-state index < -0.39 is 26.5 Å². The number of anilines is 2. The van der Waals surface area contributed by atoms with Crippen LogP contribution in [0.4, 0.5) is 15.8 Å². The van der Waals surface area contributed by atoms with Crippen molar-refractivity contribution >= 4 is 38.8 Å². The summed E-state index contributed by atoms with van der Waals surface area (Å²) >= 11 is 5.77. The summed E-state index contributed by atoms with van der Waals surface area (Å²) in [7, 11) is -4.14. The molecule has 0 saturated carbocycles. The number of carbonyl (C=O) groups is 1. The third kappa shape index (κ3) is 3.69. The molecule has 0 aromatic heterocycles. The molecule has 0 saturated heterocycles. The lowest BCUT2D eigenvalue weighted by Crippen LogP contribution is -2.39. The molecule has 152 valence electrons. The monoisotopic (exact) mass is 442 g/mol. The van der Waals surface area contributed by atoms with Crippen molar-refractivity contribution in [1.29, 1.82) is 0 Å². The zero-order valence-corrected chi connectivity index (χ0v) is 17.1. The highest BCUT2D eigenvalue weighted by Crippen LogP contribution is 2.36. The van der Waals surface area contributed by atoms with Gasteiger partial charge in [0.25, 0.3) is 10.0 Å². The molecule has 4 rings (SSSR count). The minimum atomic E-state index is -4.14. The van der Waals surface area contributed by atoms with Gasteiger partial charge >= 0.3 is 0 Å². The number of carbonyl (C=O) groups excluding carboxylic acids is 1. The first-order valence-electron chi connectivity index (χ1n) is 9.00. The molecular formula is C22H16ClFN2O3S. The van der Waals surface area contributed by atoms with Gasteiger partial charge in [-0.05, 0) is 35.9 Å². The van der Waals surface area contributed by atoms with Crippen LogP contribution >= 0.6 is 11.6 Å². The lowest BCUT2D eigenvalue weighted by molar-refractivity contribution is 0.104. The van der Waals surface area contributed by atoms with E-state index in [0.29, 0.717) is 11.4 Å². The summed E-state index contributed by atoms with van der Waals surface area (Å²) in [5.41, 5.74) is 1.75. The first-order valence-corrected chi connectivity index (χ1v) is 10.8. The van der Waals surface area contributed by atoms with E-state index in [0.717, 1.165) is 17.8 Å². The van der Waals surface area contributed by atoms with Gasteiger partial charge in [0, 0.05) is 17.5 Å². The largest absolute Gasteiger partial charge is 0.360 e. The predicted molar refractivity (Wildman–Crippen MR) is 115 cm³/mol. The summed E-state index contributed by atoms with van der Waals surface area (Å²) in [4.78, 5) is 12.6. The first kappa shape index (κ1) is 20.1. The Bertz CT molecular complexity index is 1260. The summed E-state index contributed by atoms with van der Waals surface area (Å²) in [6.45, 7) is 0.0766. The number of ketones is 1. The third-order valence-corrected chi connectivity index (χ3v) is 6.72. The second kappa shape index (κ2) is 7.93. The molecule has 0 unspecified atom stereocenters. The number of hydrogen-bond acceptors (Lipinski definition) is 4. The fourth-order valence-corrected chi connectivity index (χ4v) is 4.88. The van der Waals surface area contributed by atoms with Crippen LogP contribution in [-0.2, 0) is 16.6 Å². The summed E-state index contributed by atoms with van der Waals surface area (Å²) in [6, 6.07) is 19.5. The Balaban J connectivity index is 1.77. The van der Waals surface area contributed by atoms with Crippen LogP contribution in [0.25, 0.3) is 0 Å². The number of rotatable bonds is 4. The van der Waals surface area contributed by atoms with Crippen LogP contribution in [0, 0.1) is 5.82 Å². The normalized spacial score (nSPS) is 16.4. The van der Waals surface area contributed by atoms with E-state index in [1.165, 1.54) is 16.4 Å². The molecule has 1 aliphatic rings. The van der Waals surface area contributed by atoms with E-state index in [9.17, 15) is 17.6 Å². The number of hydrogen-bond donors (Lipinski definition) is 1. The highest BCUT2D eigenvalue weighted by molar-refractivity contribution is 7.97. The minimum Gasteiger partial charge on any atom is -0.360 e. The van der Waals surface area contributed by atoms with E-state index in [2.05, 4.69) is 5.32 Å². The van der Waals surface area contributed by atoms with Gasteiger partial charge in [0.2, 0.25) is 5.78 Å².